The molecule has 1 heterocycles. The minimum atomic E-state index is -3.49. The highest BCUT2D eigenvalue weighted by Gasteiger charge is 2.43. The van der Waals surface area contributed by atoms with E-state index in [0.29, 0.717) is 24.2 Å². The van der Waals surface area contributed by atoms with Crippen LogP contribution in [0.2, 0.25) is 10.0 Å². The highest BCUT2D eigenvalue weighted by molar-refractivity contribution is 7.89. The standard InChI is InChI=1S/C17H22Cl2N2O2S/c18-15-4-3-14(11-16(15)19)24(22,23)21-7-5-20(6-8-21)17-10-12-1-2-13(17)9-12/h3-4,11-13,17H,1-2,5-10H2. The Morgan fingerprint density at radius 1 is 0.958 bits per heavy atom. The van der Waals surface area contributed by atoms with E-state index in [-0.39, 0.29) is 9.92 Å². The lowest BCUT2D eigenvalue weighted by molar-refractivity contribution is 0.101. The number of hydrogen-bond acceptors (Lipinski definition) is 3. The van der Waals surface area contributed by atoms with E-state index in [4.69, 9.17) is 23.2 Å². The van der Waals surface area contributed by atoms with Crippen LogP contribution in [0, 0.1) is 11.8 Å². The van der Waals surface area contributed by atoms with Crippen LogP contribution in [-0.2, 0) is 10.0 Å². The number of sulfonamides is 1. The summed E-state index contributed by atoms with van der Waals surface area (Å²) in [4.78, 5) is 2.75. The van der Waals surface area contributed by atoms with Crippen molar-refractivity contribution in [3.05, 3.63) is 28.2 Å². The van der Waals surface area contributed by atoms with Gasteiger partial charge in [-0.3, -0.25) is 4.90 Å². The predicted octanol–water partition coefficient (Wildman–Crippen LogP) is 3.49. The molecule has 3 aliphatic rings. The molecule has 0 aromatic heterocycles. The normalized spacial score (nSPS) is 31.7. The van der Waals surface area contributed by atoms with Gasteiger partial charge in [0.25, 0.3) is 0 Å². The fraction of sp³-hybridized carbons (Fsp3) is 0.647. The monoisotopic (exact) mass is 388 g/mol. The van der Waals surface area contributed by atoms with Crippen LogP contribution in [0.25, 0.3) is 0 Å². The summed E-state index contributed by atoms with van der Waals surface area (Å²) in [6.07, 6.45) is 5.45. The van der Waals surface area contributed by atoms with Gasteiger partial charge in [-0.1, -0.05) is 29.6 Å². The Morgan fingerprint density at radius 3 is 2.29 bits per heavy atom. The molecule has 1 aromatic rings. The summed E-state index contributed by atoms with van der Waals surface area (Å²) < 4.78 is 27.2. The first-order chi connectivity index (χ1) is 11.4. The maximum Gasteiger partial charge on any atom is 0.243 e. The van der Waals surface area contributed by atoms with E-state index in [1.54, 1.807) is 10.4 Å². The zero-order valence-electron chi connectivity index (χ0n) is 13.5. The predicted molar refractivity (Wildman–Crippen MR) is 96.0 cm³/mol. The second kappa shape index (κ2) is 6.44. The summed E-state index contributed by atoms with van der Waals surface area (Å²) in [5.41, 5.74) is 0. The van der Waals surface area contributed by atoms with Crippen molar-refractivity contribution < 1.29 is 8.42 Å². The van der Waals surface area contributed by atoms with Gasteiger partial charge < -0.3 is 0 Å². The number of benzene rings is 1. The summed E-state index contributed by atoms with van der Waals surface area (Å²) in [7, 11) is -3.49. The fourth-order valence-electron chi connectivity index (χ4n) is 4.72. The Labute approximate surface area is 153 Å². The van der Waals surface area contributed by atoms with Gasteiger partial charge in [0.15, 0.2) is 0 Å². The van der Waals surface area contributed by atoms with Crippen LogP contribution in [-0.4, -0.2) is 49.8 Å². The second-order valence-electron chi connectivity index (χ2n) is 7.26. The summed E-state index contributed by atoms with van der Waals surface area (Å²) in [5.74, 6) is 1.76. The van der Waals surface area contributed by atoms with E-state index in [0.717, 1.165) is 24.9 Å². The first-order valence-corrected chi connectivity index (χ1v) is 10.8. The molecule has 2 saturated carbocycles. The molecule has 3 atom stereocenters. The first kappa shape index (κ1) is 17.1. The van der Waals surface area contributed by atoms with Crippen molar-refractivity contribution in [2.45, 2.75) is 36.6 Å². The molecule has 2 aliphatic carbocycles. The molecule has 1 saturated heterocycles. The Balaban J connectivity index is 1.44. The lowest BCUT2D eigenvalue weighted by atomic mass is 9.93. The highest BCUT2D eigenvalue weighted by atomic mass is 35.5. The van der Waals surface area contributed by atoms with E-state index in [2.05, 4.69) is 4.90 Å². The van der Waals surface area contributed by atoms with Gasteiger partial charge in [-0.25, -0.2) is 8.42 Å². The third kappa shape index (κ3) is 2.99. The zero-order chi connectivity index (χ0) is 16.9. The topological polar surface area (TPSA) is 40.6 Å². The molecular formula is C17H22Cl2N2O2S. The molecule has 7 heteroatoms. The minimum Gasteiger partial charge on any atom is -0.297 e. The number of piperazine rings is 1. The molecule has 4 nitrogen and oxygen atoms in total. The van der Waals surface area contributed by atoms with Crippen molar-refractivity contribution in [1.29, 1.82) is 0 Å². The molecule has 24 heavy (non-hydrogen) atoms. The molecule has 0 spiro atoms. The van der Waals surface area contributed by atoms with Gasteiger partial charge in [0.2, 0.25) is 10.0 Å². The van der Waals surface area contributed by atoms with E-state index >= 15 is 0 Å². The molecule has 1 aromatic carbocycles. The van der Waals surface area contributed by atoms with Crippen molar-refractivity contribution in [1.82, 2.24) is 9.21 Å². The van der Waals surface area contributed by atoms with Crippen LogP contribution in [0.3, 0.4) is 0 Å². The van der Waals surface area contributed by atoms with Crippen LogP contribution in [0.1, 0.15) is 25.7 Å². The van der Waals surface area contributed by atoms with Gasteiger partial charge in [0.1, 0.15) is 0 Å². The third-order valence-electron chi connectivity index (χ3n) is 5.97. The molecule has 132 valence electrons. The van der Waals surface area contributed by atoms with Gasteiger partial charge in [-0.05, 0) is 49.3 Å². The molecule has 0 N–H and O–H groups in total. The van der Waals surface area contributed by atoms with Crippen LogP contribution >= 0.6 is 23.2 Å². The molecule has 3 unspecified atom stereocenters. The maximum atomic E-state index is 12.8. The third-order valence-corrected chi connectivity index (χ3v) is 8.61. The number of halogens is 2. The summed E-state index contributed by atoms with van der Waals surface area (Å²) in [6.45, 7) is 2.76. The number of hydrogen-bond donors (Lipinski definition) is 0. The molecular weight excluding hydrogens is 367 g/mol. The van der Waals surface area contributed by atoms with Crippen molar-refractivity contribution in [3.8, 4) is 0 Å². The van der Waals surface area contributed by atoms with Crippen molar-refractivity contribution in [2.75, 3.05) is 26.2 Å². The van der Waals surface area contributed by atoms with Crippen molar-refractivity contribution in [2.24, 2.45) is 11.8 Å². The molecule has 2 bridgehead atoms. The van der Waals surface area contributed by atoms with Gasteiger partial charge in [-0.2, -0.15) is 4.31 Å². The van der Waals surface area contributed by atoms with Crippen LogP contribution < -0.4 is 0 Å². The van der Waals surface area contributed by atoms with Crippen LogP contribution in [0.5, 0.6) is 0 Å². The second-order valence-corrected chi connectivity index (χ2v) is 10.0. The smallest absolute Gasteiger partial charge is 0.243 e. The average molecular weight is 389 g/mol. The Kier molecular flexibility index (Phi) is 4.59. The summed E-state index contributed by atoms with van der Waals surface area (Å²) >= 11 is 11.9. The molecule has 0 amide bonds. The van der Waals surface area contributed by atoms with Gasteiger partial charge in [-0.15, -0.1) is 0 Å². The van der Waals surface area contributed by atoms with E-state index in [1.165, 1.54) is 37.8 Å². The van der Waals surface area contributed by atoms with Gasteiger partial charge in [0.05, 0.1) is 14.9 Å². The van der Waals surface area contributed by atoms with Crippen molar-refractivity contribution in [3.63, 3.8) is 0 Å². The maximum absolute atomic E-state index is 12.8. The zero-order valence-corrected chi connectivity index (χ0v) is 15.8. The average Bonchev–Trinajstić information content (AvgIpc) is 3.20. The number of nitrogens with zero attached hydrogens (tertiary/aromatic N) is 2. The molecule has 0 radical (unpaired) electrons. The Morgan fingerprint density at radius 2 is 1.71 bits per heavy atom. The molecule has 4 rings (SSSR count). The van der Waals surface area contributed by atoms with E-state index < -0.39 is 10.0 Å². The fourth-order valence-corrected chi connectivity index (χ4v) is 6.53. The quantitative estimate of drug-likeness (QED) is 0.795. The van der Waals surface area contributed by atoms with Gasteiger partial charge >= 0.3 is 0 Å². The van der Waals surface area contributed by atoms with E-state index in [1.807, 2.05) is 0 Å². The summed E-state index contributed by atoms with van der Waals surface area (Å²) in [6, 6.07) is 5.20. The first-order valence-electron chi connectivity index (χ1n) is 8.64. The SMILES string of the molecule is O=S(=O)(c1ccc(Cl)c(Cl)c1)N1CCN(C2CC3CCC2C3)CC1. The van der Waals surface area contributed by atoms with Crippen LogP contribution in [0.15, 0.2) is 23.1 Å². The lowest BCUT2D eigenvalue weighted by Gasteiger charge is -2.40. The Hall–Kier alpha value is -0.330. The lowest BCUT2D eigenvalue weighted by Crippen LogP contribution is -2.53. The largest absolute Gasteiger partial charge is 0.297 e. The van der Waals surface area contributed by atoms with E-state index in [9.17, 15) is 8.42 Å². The highest BCUT2D eigenvalue weighted by Crippen LogP contribution is 2.46. The molecule has 3 fully saturated rings. The van der Waals surface area contributed by atoms with Gasteiger partial charge in [0, 0.05) is 32.2 Å². The Bertz CT molecular complexity index is 732. The van der Waals surface area contributed by atoms with Crippen molar-refractivity contribution >= 4 is 33.2 Å². The molecule has 1 aliphatic heterocycles. The number of fused-ring (bicyclic) bond motifs is 2. The number of rotatable bonds is 3. The summed E-state index contributed by atoms with van der Waals surface area (Å²) in [5, 5.41) is 0.648. The minimum absolute atomic E-state index is 0.227. The van der Waals surface area contributed by atoms with Crippen LogP contribution in [0.4, 0.5) is 0 Å².